The molecule has 0 bridgehead atoms. The van der Waals surface area contributed by atoms with E-state index in [-0.39, 0.29) is 28.5 Å². The maximum absolute atomic E-state index is 14.7. The number of nitrogens with one attached hydrogen (secondary N) is 1. The van der Waals surface area contributed by atoms with Crippen molar-refractivity contribution in [3.05, 3.63) is 89.1 Å². The first-order chi connectivity index (χ1) is 16.2. The van der Waals surface area contributed by atoms with Gasteiger partial charge in [0.15, 0.2) is 0 Å². The zero-order chi connectivity index (χ0) is 24.5. The van der Waals surface area contributed by atoms with Crippen molar-refractivity contribution in [1.82, 2.24) is 20.1 Å². The van der Waals surface area contributed by atoms with Gasteiger partial charge in [-0.3, -0.25) is 4.79 Å². The number of aromatic nitrogens is 3. The van der Waals surface area contributed by atoms with Gasteiger partial charge in [-0.2, -0.15) is 5.10 Å². The fourth-order valence-corrected chi connectivity index (χ4v) is 4.57. The largest absolute Gasteiger partial charge is 0.397 e. The first kappa shape index (κ1) is 23.5. The Morgan fingerprint density at radius 3 is 2.53 bits per heavy atom. The van der Waals surface area contributed by atoms with E-state index in [0.717, 1.165) is 23.5 Å². The van der Waals surface area contributed by atoms with E-state index in [9.17, 15) is 23.1 Å². The number of nitrogens with two attached hydrogens (primary N) is 1. The number of amides is 1. The minimum Gasteiger partial charge on any atom is -0.397 e. The molecule has 0 radical (unpaired) electrons. The van der Waals surface area contributed by atoms with Crippen LogP contribution in [0.3, 0.4) is 0 Å². The quantitative estimate of drug-likeness (QED) is 0.369. The molecular weight excluding hydrogens is 467 g/mol. The lowest BCUT2D eigenvalue weighted by Gasteiger charge is -2.35. The number of hydrogen-bond donors (Lipinski definition) is 3. The Morgan fingerprint density at radius 2 is 1.88 bits per heavy atom. The summed E-state index contributed by atoms with van der Waals surface area (Å²) in [7, 11) is 0. The van der Waals surface area contributed by atoms with Crippen molar-refractivity contribution in [2.45, 2.75) is 25.1 Å². The maximum atomic E-state index is 14.7. The molecule has 0 spiro atoms. The van der Waals surface area contributed by atoms with Crippen LogP contribution in [0.1, 0.15) is 22.2 Å². The van der Waals surface area contributed by atoms with Gasteiger partial charge >= 0.3 is 0 Å². The molecule has 0 aliphatic rings. The van der Waals surface area contributed by atoms with Crippen molar-refractivity contribution in [3.8, 4) is 10.4 Å². The molecule has 0 fully saturated rings. The first-order valence-electron chi connectivity index (χ1n) is 10.1. The third kappa shape index (κ3) is 4.66. The van der Waals surface area contributed by atoms with Gasteiger partial charge in [0.1, 0.15) is 40.6 Å². The Bertz CT molecular complexity index is 1310. The average molecular weight is 488 g/mol. The normalized spacial score (nSPS) is 13.9. The van der Waals surface area contributed by atoms with Crippen LogP contribution < -0.4 is 11.1 Å². The number of hydrogen-bond acceptors (Lipinski definition) is 6. The topological polar surface area (TPSA) is 106 Å². The highest BCUT2D eigenvalue weighted by atomic mass is 32.1. The number of rotatable bonds is 7. The third-order valence-corrected chi connectivity index (χ3v) is 6.63. The number of thiophene rings is 1. The Kier molecular flexibility index (Phi) is 6.40. The molecule has 0 aliphatic carbocycles. The van der Waals surface area contributed by atoms with E-state index in [0.29, 0.717) is 16.5 Å². The lowest BCUT2D eigenvalue weighted by Crippen LogP contribution is -2.51. The lowest BCUT2D eigenvalue weighted by atomic mass is 9.86. The van der Waals surface area contributed by atoms with Gasteiger partial charge in [-0.15, -0.1) is 11.3 Å². The van der Waals surface area contributed by atoms with Gasteiger partial charge in [0, 0.05) is 16.5 Å². The molecule has 0 saturated heterocycles. The average Bonchev–Trinajstić information content (AvgIpc) is 3.43. The fraction of sp³-hybridized carbons (Fsp3) is 0.174. The molecule has 34 heavy (non-hydrogen) atoms. The smallest absolute Gasteiger partial charge is 0.263 e. The molecule has 0 aliphatic heterocycles. The van der Waals surface area contributed by atoms with E-state index < -0.39 is 29.2 Å². The second kappa shape index (κ2) is 9.27. The van der Waals surface area contributed by atoms with Crippen LogP contribution in [0.25, 0.3) is 10.4 Å². The monoisotopic (exact) mass is 487 g/mol. The highest BCUT2D eigenvalue weighted by Gasteiger charge is 2.40. The standard InChI is InChI=1S/C23H20F3N5O2S/c1-13(23(33,10-31-12-28-11-29-31)17-7-6-16(25)8-18(17)26)30-22(32)21-19(27)9-20(34-21)14-2-4-15(24)5-3-14/h2-9,11-13,33H,10,27H2,1H3,(H,30,32)/t13-,23-/m1/s1. The lowest BCUT2D eigenvalue weighted by molar-refractivity contribution is -0.0185. The van der Waals surface area contributed by atoms with Gasteiger partial charge in [-0.05, 0) is 36.8 Å². The number of halogens is 3. The molecule has 4 aromatic rings. The van der Waals surface area contributed by atoms with Gasteiger partial charge in [0.05, 0.1) is 18.3 Å². The Balaban J connectivity index is 1.63. The molecule has 7 nitrogen and oxygen atoms in total. The number of aliphatic hydroxyl groups is 1. The maximum Gasteiger partial charge on any atom is 0.263 e. The SMILES string of the molecule is C[C@@H](NC(=O)c1sc(-c2ccc(F)cc2)cc1N)[C@](O)(Cn1cncn1)c1ccc(F)cc1F. The molecule has 2 atom stereocenters. The van der Waals surface area contributed by atoms with Crippen molar-refractivity contribution in [2.24, 2.45) is 0 Å². The van der Waals surface area contributed by atoms with Crippen molar-refractivity contribution in [3.63, 3.8) is 0 Å². The van der Waals surface area contributed by atoms with Crippen molar-refractivity contribution in [2.75, 3.05) is 5.73 Å². The van der Waals surface area contributed by atoms with Gasteiger partial charge < -0.3 is 16.2 Å². The molecule has 0 unspecified atom stereocenters. The van der Waals surface area contributed by atoms with Gasteiger partial charge in [-0.25, -0.2) is 22.8 Å². The summed E-state index contributed by atoms with van der Waals surface area (Å²) >= 11 is 1.09. The van der Waals surface area contributed by atoms with Crippen LogP contribution in [0.4, 0.5) is 18.9 Å². The van der Waals surface area contributed by atoms with Crippen LogP contribution in [-0.2, 0) is 12.1 Å². The van der Waals surface area contributed by atoms with Crippen LogP contribution in [0, 0.1) is 17.5 Å². The van der Waals surface area contributed by atoms with Crippen LogP contribution >= 0.6 is 11.3 Å². The molecule has 4 rings (SSSR count). The van der Waals surface area contributed by atoms with Gasteiger partial charge in [0.2, 0.25) is 0 Å². The summed E-state index contributed by atoms with van der Waals surface area (Å²) in [4.78, 5) is 17.7. The minimum atomic E-state index is -2.01. The third-order valence-electron chi connectivity index (χ3n) is 5.43. The highest BCUT2D eigenvalue weighted by molar-refractivity contribution is 7.18. The van der Waals surface area contributed by atoms with Crippen LogP contribution in [0.2, 0.25) is 0 Å². The molecule has 0 saturated carbocycles. The second-order valence-electron chi connectivity index (χ2n) is 7.74. The number of benzene rings is 2. The van der Waals surface area contributed by atoms with E-state index in [1.807, 2.05) is 0 Å². The summed E-state index contributed by atoms with van der Waals surface area (Å²) in [6, 6.07) is 9.07. The summed E-state index contributed by atoms with van der Waals surface area (Å²) in [6.45, 7) is 1.22. The molecule has 1 amide bonds. The summed E-state index contributed by atoms with van der Waals surface area (Å²) in [5, 5.41) is 18.1. The molecule has 2 aromatic carbocycles. The molecular formula is C23H20F3N5O2S. The molecule has 4 N–H and O–H groups in total. The van der Waals surface area contributed by atoms with Gasteiger partial charge in [-0.1, -0.05) is 18.2 Å². The van der Waals surface area contributed by atoms with E-state index in [4.69, 9.17) is 5.73 Å². The predicted molar refractivity (Wildman–Crippen MR) is 121 cm³/mol. The molecule has 2 heterocycles. The number of anilines is 1. The number of nitrogens with zero attached hydrogens (tertiary/aromatic N) is 3. The predicted octanol–water partition coefficient (Wildman–Crippen LogP) is 3.71. The van der Waals surface area contributed by atoms with E-state index in [1.165, 1.54) is 36.4 Å². The number of nitrogen functional groups attached to an aromatic ring is 1. The number of carbonyl (C=O) groups excluding carboxylic acids is 1. The molecule has 11 heteroatoms. The summed E-state index contributed by atoms with van der Waals surface area (Å²) in [5.74, 6) is -2.76. The van der Waals surface area contributed by atoms with E-state index in [1.54, 1.807) is 18.2 Å². The van der Waals surface area contributed by atoms with Crippen LogP contribution in [0.15, 0.2) is 61.2 Å². The Labute approximate surface area is 196 Å². The van der Waals surface area contributed by atoms with Gasteiger partial charge in [0.25, 0.3) is 5.91 Å². The Morgan fingerprint density at radius 1 is 1.18 bits per heavy atom. The highest BCUT2D eigenvalue weighted by Crippen LogP contribution is 2.34. The van der Waals surface area contributed by atoms with Crippen molar-refractivity contribution < 1.29 is 23.1 Å². The summed E-state index contributed by atoms with van der Waals surface area (Å²) in [6.07, 6.45) is 2.57. The summed E-state index contributed by atoms with van der Waals surface area (Å²) in [5.41, 5.74) is 4.70. The zero-order valence-electron chi connectivity index (χ0n) is 17.9. The van der Waals surface area contributed by atoms with Crippen LogP contribution in [0.5, 0.6) is 0 Å². The first-order valence-corrected chi connectivity index (χ1v) is 11.0. The second-order valence-corrected chi connectivity index (χ2v) is 8.79. The fourth-order valence-electron chi connectivity index (χ4n) is 3.58. The Hall–Kier alpha value is -3.70. The van der Waals surface area contributed by atoms with E-state index >= 15 is 0 Å². The summed E-state index contributed by atoms with van der Waals surface area (Å²) < 4.78 is 42.7. The molecule has 2 aromatic heterocycles. The minimum absolute atomic E-state index is 0.175. The zero-order valence-corrected chi connectivity index (χ0v) is 18.7. The van der Waals surface area contributed by atoms with Crippen molar-refractivity contribution >= 4 is 22.9 Å². The number of carbonyl (C=O) groups is 1. The molecule has 176 valence electrons. The van der Waals surface area contributed by atoms with Crippen molar-refractivity contribution in [1.29, 1.82) is 0 Å². The van der Waals surface area contributed by atoms with Crippen LogP contribution in [-0.4, -0.2) is 31.8 Å². The van der Waals surface area contributed by atoms with E-state index in [2.05, 4.69) is 15.4 Å².